The van der Waals surface area contributed by atoms with E-state index in [2.05, 4.69) is 4.74 Å². The Bertz CT molecular complexity index is 434. The fourth-order valence-electron chi connectivity index (χ4n) is 1.93. The van der Waals surface area contributed by atoms with Gasteiger partial charge in [0.05, 0.1) is 12.3 Å². The fourth-order valence-corrected chi connectivity index (χ4v) is 1.93. The number of hydrogen-bond donors (Lipinski definition) is 0. The van der Waals surface area contributed by atoms with Crippen molar-refractivity contribution in [3.63, 3.8) is 0 Å². The lowest BCUT2D eigenvalue weighted by molar-refractivity contribution is -0.152. The van der Waals surface area contributed by atoms with Gasteiger partial charge in [-0.15, -0.1) is 0 Å². The maximum atomic E-state index is 11.4. The number of carbonyl (C=O) groups is 2. The molecule has 1 aromatic rings. The summed E-state index contributed by atoms with van der Waals surface area (Å²) < 4.78 is 4.54. The second kappa shape index (κ2) is 3.50. The molecule has 1 atom stereocenters. The molecule has 0 bridgehead atoms. The second-order valence-electron chi connectivity index (χ2n) is 3.91. The van der Waals surface area contributed by atoms with Crippen LogP contribution in [0.3, 0.4) is 0 Å². The molecule has 1 saturated heterocycles. The summed E-state index contributed by atoms with van der Waals surface area (Å²) in [6.07, 6.45) is 0.169. The summed E-state index contributed by atoms with van der Waals surface area (Å²) in [6.45, 7) is 3.94. The van der Waals surface area contributed by atoms with Crippen molar-refractivity contribution in [1.29, 1.82) is 0 Å². The average molecular weight is 204 g/mol. The van der Waals surface area contributed by atoms with E-state index in [1.54, 1.807) is 0 Å². The Morgan fingerprint density at radius 1 is 1.27 bits per heavy atom. The lowest BCUT2D eigenvalue weighted by Crippen LogP contribution is -2.07. The minimum Gasteiger partial charge on any atom is -0.393 e. The third-order valence-corrected chi connectivity index (χ3v) is 2.67. The molecule has 1 fully saturated rings. The van der Waals surface area contributed by atoms with E-state index in [4.69, 9.17) is 0 Å². The Labute approximate surface area is 88.1 Å². The Morgan fingerprint density at radius 3 is 2.53 bits per heavy atom. The molecule has 1 unspecified atom stereocenters. The van der Waals surface area contributed by atoms with Gasteiger partial charge in [0.15, 0.2) is 0 Å². The van der Waals surface area contributed by atoms with Crippen molar-refractivity contribution in [2.75, 3.05) is 0 Å². The van der Waals surface area contributed by atoms with Gasteiger partial charge in [0.25, 0.3) is 0 Å². The van der Waals surface area contributed by atoms with Gasteiger partial charge >= 0.3 is 11.9 Å². The Morgan fingerprint density at radius 2 is 2.00 bits per heavy atom. The Balaban J connectivity index is 2.38. The quantitative estimate of drug-likeness (QED) is 0.518. The van der Waals surface area contributed by atoms with Crippen molar-refractivity contribution < 1.29 is 14.3 Å². The lowest BCUT2D eigenvalue weighted by atomic mass is 9.92. The molecular weight excluding hydrogens is 192 g/mol. The molecule has 0 amide bonds. The summed E-state index contributed by atoms with van der Waals surface area (Å²) in [5, 5.41) is 0. The van der Waals surface area contributed by atoms with E-state index in [1.807, 2.05) is 32.0 Å². The normalized spacial score (nSPS) is 20.5. The number of aryl methyl sites for hydroxylation is 2. The molecule has 1 aliphatic rings. The van der Waals surface area contributed by atoms with Crippen molar-refractivity contribution in [3.8, 4) is 0 Å². The van der Waals surface area contributed by atoms with Gasteiger partial charge in [-0.05, 0) is 25.0 Å². The molecule has 3 heteroatoms. The maximum absolute atomic E-state index is 11.4. The molecule has 0 radical (unpaired) electrons. The molecule has 0 aromatic heterocycles. The number of rotatable bonds is 1. The largest absolute Gasteiger partial charge is 0.393 e. The zero-order valence-electron chi connectivity index (χ0n) is 8.74. The highest BCUT2D eigenvalue weighted by atomic mass is 16.6. The summed E-state index contributed by atoms with van der Waals surface area (Å²) in [5.74, 6) is -1.25. The first-order valence-electron chi connectivity index (χ1n) is 4.89. The molecule has 1 aromatic carbocycles. The van der Waals surface area contributed by atoms with Crippen LogP contribution in [0.5, 0.6) is 0 Å². The van der Waals surface area contributed by atoms with E-state index in [1.165, 1.54) is 0 Å². The maximum Gasteiger partial charge on any atom is 0.321 e. The highest BCUT2D eigenvalue weighted by Gasteiger charge is 2.35. The molecule has 1 aliphatic heterocycles. The van der Waals surface area contributed by atoms with Crippen molar-refractivity contribution in [2.45, 2.75) is 26.2 Å². The Kier molecular flexibility index (Phi) is 2.31. The zero-order chi connectivity index (χ0) is 11.0. The van der Waals surface area contributed by atoms with E-state index in [0.717, 1.165) is 16.7 Å². The van der Waals surface area contributed by atoms with Crippen LogP contribution < -0.4 is 0 Å². The molecule has 0 saturated carbocycles. The number of cyclic esters (lactones) is 2. The van der Waals surface area contributed by atoms with Gasteiger partial charge in [-0.25, -0.2) is 0 Å². The molecule has 78 valence electrons. The molecule has 1 heterocycles. The molecule has 15 heavy (non-hydrogen) atoms. The van der Waals surface area contributed by atoms with Crippen LogP contribution in [0, 0.1) is 13.8 Å². The highest BCUT2D eigenvalue weighted by molar-refractivity contribution is 5.98. The first-order chi connectivity index (χ1) is 7.08. The number of carbonyl (C=O) groups excluding carboxylic acids is 2. The van der Waals surface area contributed by atoms with Gasteiger partial charge in [-0.1, -0.05) is 23.8 Å². The zero-order valence-corrected chi connectivity index (χ0v) is 8.74. The SMILES string of the molecule is Cc1ccc(C2CC(=O)OC2=O)c(C)c1. The van der Waals surface area contributed by atoms with Crippen LogP contribution >= 0.6 is 0 Å². The number of hydrogen-bond acceptors (Lipinski definition) is 3. The monoisotopic (exact) mass is 204 g/mol. The van der Waals surface area contributed by atoms with Crippen molar-refractivity contribution in [3.05, 3.63) is 34.9 Å². The smallest absolute Gasteiger partial charge is 0.321 e. The predicted molar refractivity (Wildman–Crippen MR) is 54.4 cm³/mol. The number of esters is 2. The third-order valence-electron chi connectivity index (χ3n) is 2.67. The summed E-state index contributed by atoms with van der Waals surface area (Å²) in [6, 6.07) is 5.85. The number of ether oxygens (including phenoxy) is 1. The predicted octanol–water partition coefficient (Wildman–Crippen LogP) is 1.86. The minimum atomic E-state index is -0.426. The summed E-state index contributed by atoms with van der Waals surface area (Å²) in [5.41, 5.74) is 3.08. The third kappa shape index (κ3) is 1.77. The van der Waals surface area contributed by atoms with E-state index < -0.39 is 17.9 Å². The second-order valence-corrected chi connectivity index (χ2v) is 3.91. The van der Waals surface area contributed by atoms with Crippen molar-refractivity contribution in [1.82, 2.24) is 0 Å². The van der Waals surface area contributed by atoms with Crippen LogP contribution in [-0.2, 0) is 14.3 Å². The van der Waals surface area contributed by atoms with Crippen LogP contribution in [-0.4, -0.2) is 11.9 Å². The summed E-state index contributed by atoms with van der Waals surface area (Å²) >= 11 is 0. The molecule has 2 rings (SSSR count). The van der Waals surface area contributed by atoms with Crippen LogP contribution in [0.15, 0.2) is 18.2 Å². The lowest BCUT2D eigenvalue weighted by Gasteiger charge is -2.09. The van der Waals surface area contributed by atoms with E-state index >= 15 is 0 Å². The molecule has 0 aliphatic carbocycles. The summed E-state index contributed by atoms with van der Waals surface area (Å²) in [4.78, 5) is 22.4. The van der Waals surface area contributed by atoms with Gasteiger partial charge in [-0.2, -0.15) is 0 Å². The van der Waals surface area contributed by atoms with Gasteiger partial charge in [0.2, 0.25) is 0 Å². The standard InChI is InChI=1S/C12H12O3/c1-7-3-4-9(8(2)5-7)10-6-11(13)15-12(10)14/h3-5,10H,6H2,1-2H3. The molecular formula is C12H12O3. The van der Waals surface area contributed by atoms with Gasteiger partial charge in [0, 0.05) is 0 Å². The first kappa shape index (κ1) is 9.90. The molecule has 3 nitrogen and oxygen atoms in total. The average Bonchev–Trinajstić information content (AvgIpc) is 2.45. The minimum absolute atomic E-state index is 0.169. The van der Waals surface area contributed by atoms with Crippen molar-refractivity contribution >= 4 is 11.9 Å². The van der Waals surface area contributed by atoms with E-state index in [0.29, 0.717) is 0 Å². The van der Waals surface area contributed by atoms with Crippen molar-refractivity contribution in [2.24, 2.45) is 0 Å². The van der Waals surface area contributed by atoms with E-state index in [-0.39, 0.29) is 6.42 Å². The molecule has 0 spiro atoms. The van der Waals surface area contributed by atoms with Crippen LogP contribution in [0.25, 0.3) is 0 Å². The molecule has 0 N–H and O–H groups in total. The van der Waals surface area contributed by atoms with Gasteiger partial charge < -0.3 is 4.74 Å². The first-order valence-corrected chi connectivity index (χ1v) is 4.89. The van der Waals surface area contributed by atoms with Gasteiger partial charge in [-0.3, -0.25) is 9.59 Å². The summed E-state index contributed by atoms with van der Waals surface area (Å²) in [7, 11) is 0. The fraction of sp³-hybridized carbons (Fsp3) is 0.333. The van der Waals surface area contributed by atoms with Crippen LogP contribution in [0.2, 0.25) is 0 Å². The Hall–Kier alpha value is -1.64. The topological polar surface area (TPSA) is 43.4 Å². The van der Waals surface area contributed by atoms with Crippen LogP contribution in [0.4, 0.5) is 0 Å². The van der Waals surface area contributed by atoms with Crippen LogP contribution in [0.1, 0.15) is 29.0 Å². The number of benzene rings is 1. The van der Waals surface area contributed by atoms with E-state index in [9.17, 15) is 9.59 Å². The van der Waals surface area contributed by atoms with Gasteiger partial charge in [0.1, 0.15) is 0 Å². The highest BCUT2D eigenvalue weighted by Crippen LogP contribution is 2.29.